The Morgan fingerprint density at radius 1 is 1.42 bits per heavy atom. The molecule has 0 aliphatic rings. The number of methoxy groups -OCH3 is 1. The fraction of sp³-hybridized carbons (Fsp3) is 0.417. The van der Waals surface area contributed by atoms with E-state index in [2.05, 4.69) is 20.6 Å². The first-order chi connectivity index (χ1) is 9.11. The molecule has 0 saturated heterocycles. The Morgan fingerprint density at radius 2 is 2.21 bits per heavy atom. The van der Waals surface area contributed by atoms with Gasteiger partial charge in [0.05, 0.1) is 19.3 Å². The molecule has 0 unspecified atom stereocenters. The van der Waals surface area contributed by atoms with Crippen molar-refractivity contribution in [2.24, 2.45) is 7.05 Å². The normalized spacial score (nSPS) is 10.3. The predicted molar refractivity (Wildman–Crippen MR) is 73.4 cm³/mol. The molecule has 0 spiro atoms. The van der Waals surface area contributed by atoms with Gasteiger partial charge in [0.15, 0.2) is 0 Å². The van der Waals surface area contributed by atoms with Gasteiger partial charge in [0.2, 0.25) is 5.88 Å². The first-order valence-electron chi connectivity index (χ1n) is 5.91. The number of hydrogen-bond acceptors (Lipinski definition) is 6. The van der Waals surface area contributed by atoms with E-state index in [1.807, 2.05) is 38.3 Å². The van der Waals surface area contributed by atoms with E-state index in [1.54, 1.807) is 18.0 Å². The van der Waals surface area contributed by atoms with Gasteiger partial charge in [-0.3, -0.25) is 4.68 Å². The molecule has 19 heavy (non-hydrogen) atoms. The van der Waals surface area contributed by atoms with Crippen molar-refractivity contribution in [3.63, 3.8) is 0 Å². The minimum absolute atomic E-state index is 0.565. The molecule has 2 heterocycles. The van der Waals surface area contributed by atoms with Crippen LogP contribution in [0.5, 0.6) is 5.88 Å². The van der Waals surface area contributed by atoms with Crippen LogP contribution in [0.4, 0.5) is 11.4 Å². The van der Waals surface area contributed by atoms with Crippen LogP contribution in [0.15, 0.2) is 18.5 Å². The lowest BCUT2D eigenvalue weighted by Gasteiger charge is -2.19. The SMILES string of the molecule is COc1nccc(N(C)C)c1NCc1cn(C)nn1. The third-order valence-corrected chi connectivity index (χ3v) is 2.67. The van der Waals surface area contributed by atoms with Gasteiger partial charge in [0.25, 0.3) is 0 Å². The quantitative estimate of drug-likeness (QED) is 0.863. The maximum atomic E-state index is 5.29. The molecule has 0 atom stereocenters. The Morgan fingerprint density at radius 3 is 2.79 bits per heavy atom. The van der Waals surface area contributed by atoms with E-state index in [-0.39, 0.29) is 0 Å². The van der Waals surface area contributed by atoms with E-state index >= 15 is 0 Å². The van der Waals surface area contributed by atoms with Gasteiger partial charge in [0.1, 0.15) is 11.4 Å². The van der Waals surface area contributed by atoms with Gasteiger partial charge in [-0.05, 0) is 6.07 Å². The molecule has 0 amide bonds. The Bertz CT molecular complexity index is 551. The summed E-state index contributed by atoms with van der Waals surface area (Å²) in [6.45, 7) is 0.566. The fourth-order valence-corrected chi connectivity index (χ4v) is 1.78. The summed E-state index contributed by atoms with van der Waals surface area (Å²) in [7, 11) is 7.40. The second-order valence-electron chi connectivity index (χ2n) is 4.35. The summed E-state index contributed by atoms with van der Waals surface area (Å²) in [5.41, 5.74) is 2.72. The van der Waals surface area contributed by atoms with Gasteiger partial charge >= 0.3 is 0 Å². The minimum Gasteiger partial charge on any atom is -0.479 e. The smallest absolute Gasteiger partial charge is 0.239 e. The van der Waals surface area contributed by atoms with Crippen LogP contribution in [0, 0.1) is 0 Å². The zero-order valence-electron chi connectivity index (χ0n) is 11.6. The fourth-order valence-electron chi connectivity index (χ4n) is 1.78. The third-order valence-electron chi connectivity index (χ3n) is 2.67. The summed E-state index contributed by atoms with van der Waals surface area (Å²) in [5.74, 6) is 0.565. The molecular weight excluding hydrogens is 244 g/mol. The molecular formula is C12H18N6O. The number of hydrogen-bond donors (Lipinski definition) is 1. The van der Waals surface area contributed by atoms with Crippen LogP contribution in [0.1, 0.15) is 5.69 Å². The highest BCUT2D eigenvalue weighted by molar-refractivity contribution is 5.74. The average Bonchev–Trinajstić information content (AvgIpc) is 2.81. The number of nitrogens with zero attached hydrogens (tertiary/aromatic N) is 5. The number of aryl methyl sites for hydroxylation is 1. The standard InChI is InChI=1S/C12H18N6O/c1-17(2)10-5-6-13-12(19-4)11(10)14-7-9-8-18(3)16-15-9/h5-6,8,14H,7H2,1-4H3. The van der Waals surface area contributed by atoms with Crippen molar-refractivity contribution in [3.8, 4) is 5.88 Å². The van der Waals surface area contributed by atoms with Crippen molar-refractivity contribution >= 4 is 11.4 Å². The van der Waals surface area contributed by atoms with E-state index in [0.29, 0.717) is 12.4 Å². The average molecular weight is 262 g/mol. The van der Waals surface area contributed by atoms with E-state index in [1.165, 1.54) is 0 Å². The molecule has 102 valence electrons. The zero-order chi connectivity index (χ0) is 13.8. The summed E-state index contributed by atoms with van der Waals surface area (Å²) in [4.78, 5) is 6.21. The zero-order valence-corrected chi connectivity index (χ0v) is 11.6. The van der Waals surface area contributed by atoms with E-state index in [0.717, 1.165) is 17.1 Å². The molecule has 0 saturated carbocycles. The number of pyridine rings is 1. The maximum absolute atomic E-state index is 5.29. The lowest BCUT2D eigenvalue weighted by Crippen LogP contribution is -2.13. The predicted octanol–water partition coefficient (Wildman–Crippen LogP) is 0.897. The van der Waals surface area contributed by atoms with Gasteiger partial charge in [-0.1, -0.05) is 5.21 Å². The van der Waals surface area contributed by atoms with Crippen LogP contribution >= 0.6 is 0 Å². The van der Waals surface area contributed by atoms with Gasteiger partial charge in [-0.15, -0.1) is 5.10 Å². The topological polar surface area (TPSA) is 68.1 Å². The van der Waals surface area contributed by atoms with Crippen LogP contribution in [0.2, 0.25) is 0 Å². The van der Waals surface area contributed by atoms with Gasteiger partial charge in [0, 0.05) is 33.5 Å². The highest BCUT2D eigenvalue weighted by atomic mass is 16.5. The van der Waals surface area contributed by atoms with E-state index in [9.17, 15) is 0 Å². The molecule has 7 nitrogen and oxygen atoms in total. The number of nitrogens with one attached hydrogen (secondary N) is 1. The van der Waals surface area contributed by atoms with Crippen molar-refractivity contribution in [1.29, 1.82) is 0 Å². The van der Waals surface area contributed by atoms with Gasteiger partial charge in [-0.25, -0.2) is 4.98 Å². The third kappa shape index (κ3) is 2.93. The van der Waals surface area contributed by atoms with Crippen LogP contribution in [0.3, 0.4) is 0 Å². The Labute approximate surface area is 112 Å². The first kappa shape index (κ1) is 13.1. The molecule has 1 N–H and O–H groups in total. The lowest BCUT2D eigenvalue weighted by molar-refractivity contribution is 0.400. The molecule has 0 aromatic carbocycles. The Hall–Kier alpha value is -2.31. The Balaban J connectivity index is 2.22. The van der Waals surface area contributed by atoms with Crippen molar-refractivity contribution in [2.75, 3.05) is 31.4 Å². The molecule has 0 aliphatic carbocycles. The van der Waals surface area contributed by atoms with Crippen LogP contribution in [-0.4, -0.2) is 41.2 Å². The molecule has 2 aromatic heterocycles. The molecule has 0 fully saturated rings. The molecule has 0 radical (unpaired) electrons. The molecule has 0 aliphatic heterocycles. The monoisotopic (exact) mass is 262 g/mol. The van der Waals surface area contributed by atoms with E-state index in [4.69, 9.17) is 4.74 Å². The largest absolute Gasteiger partial charge is 0.479 e. The van der Waals surface area contributed by atoms with Crippen molar-refractivity contribution in [1.82, 2.24) is 20.0 Å². The summed E-state index contributed by atoms with van der Waals surface area (Å²) in [6.07, 6.45) is 3.59. The molecule has 0 bridgehead atoms. The van der Waals surface area contributed by atoms with Crippen molar-refractivity contribution in [2.45, 2.75) is 6.54 Å². The van der Waals surface area contributed by atoms with Crippen LogP contribution in [-0.2, 0) is 13.6 Å². The van der Waals surface area contributed by atoms with Crippen molar-refractivity contribution < 1.29 is 4.74 Å². The molecule has 2 aromatic rings. The van der Waals surface area contributed by atoms with Crippen LogP contribution in [0.25, 0.3) is 0 Å². The lowest BCUT2D eigenvalue weighted by atomic mass is 10.3. The summed E-state index contributed by atoms with van der Waals surface area (Å²) >= 11 is 0. The highest BCUT2D eigenvalue weighted by Crippen LogP contribution is 2.32. The summed E-state index contributed by atoms with van der Waals surface area (Å²) in [6, 6.07) is 1.93. The summed E-state index contributed by atoms with van der Waals surface area (Å²) in [5, 5.41) is 11.2. The minimum atomic E-state index is 0.565. The maximum Gasteiger partial charge on any atom is 0.239 e. The van der Waals surface area contributed by atoms with Crippen LogP contribution < -0.4 is 15.0 Å². The summed E-state index contributed by atoms with van der Waals surface area (Å²) < 4.78 is 6.96. The number of ether oxygens (including phenoxy) is 1. The highest BCUT2D eigenvalue weighted by Gasteiger charge is 2.12. The van der Waals surface area contributed by atoms with Crippen molar-refractivity contribution in [3.05, 3.63) is 24.2 Å². The first-order valence-corrected chi connectivity index (χ1v) is 5.91. The number of anilines is 2. The number of aromatic nitrogens is 4. The molecule has 2 rings (SSSR count). The second-order valence-corrected chi connectivity index (χ2v) is 4.35. The van der Waals surface area contributed by atoms with Gasteiger partial charge in [-0.2, -0.15) is 0 Å². The second kappa shape index (κ2) is 5.55. The van der Waals surface area contributed by atoms with Gasteiger partial charge < -0.3 is 15.0 Å². The Kier molecular flexibility index (Phi) is 3.84. The van der Waals surface area contributed by atoms with E-state index < -0.39 is 0 Å². The number of rotatable bonds is 5. The molecule has 7 heteroatoms.